The summed E-state index contributed by atoms with van der Waals surface area (Å²) in [6.45, 7) is 1.64. The summed E-state index contributed by atoms with van der Waals surface area (Å²) < 4.78 is 5.76. The van der Waals surface area contributed by atoms with Gasteiger partial charge in [0.2, 0.25) is 0 Å². The van der Waals surface area contributed by atoms with Crippen molar-refractivity contribution in [2.75, 3.05) is 13.2 Å². The van der Waals surface area contributed by atoms with Crippen LogP contribution in [-0.2, 0) is 0 Å². The number of nitrogens with one attached hydrogen (secondary N) is 2. The highest BCUT2D eigenvalue weighted by Gasteiger charge is 2.15. The van der Waals surface area contributed by atoms with Gasteiger partial charge in [-0.1, -0.05) is 6.07 Å². The molecular weight excluding hydrogens is 230 g/mol. The van der Waals surface area contributed by atoms with Crippen LogP contribution < -0.4 is 15.6 Å². The highest BCUT2D eigenvalue weighted by Crippen LogP contribution is 2.20. The summed E-state index contributed by atoms with van der Waals surface area (Å²) in [5, 5.41) is 3.89. The van der Waals surface area contributed by atoms with E-state index in [1.54, 1.807) is 0 Å². The first-order chi connectivity index (χ1) is 8.84. The Balaban J connectivity index is 1.89. The first-order valence-electron chi connectivity index (χ1n) is 6.17. The van der Waals surface area contributed by atoms with Crippen molar-refractivity contribution in [1.82, 2.24) is 15.3 Å². The third-order valence-electron chi connectivity index (χ3n) is 3.23. The molecule has 5 nitrogen and oxygen atoms in total. The lowest BCUT2D eigenvalue weighted by atomic mass is 10.2. The van der Waals surface area contributed by atoms with Gasteiger partial charge in [-0.05, 0) is 31.5 Å². The van der Waals surface area contributed by atoms with E-state index < -0.39 is 0 Å². The minimum atomic E-state index is -0.157. The molecule has 1 atom stereocenters. The third kappa shape index (κ3) is 2.09. The Morgan fingerprint density at radius 2 is 2.39 bits per heavy atom. The Bertz CT molecular complexity index is 597. The van der Waals surface area contributed by atoms with Crippen molar-refractivity contribution in [3.05, 3.63) is 34.9 Å². The molecule has 1 fully saturated rings. The first kappa shape index (κ1) is 11.2. The largest absolute Gasteiger partial charge is 0.491 e. The summed E-state index contributed by atoms with van der Waals surface area (Å²) in [5.74, 6) is 0.607. The molecule has 1 aliphatic heterocycles. The zero-order valence-corrected chi connectivity index (χ0v) is 9.98. The molecule has 18 heavy (non-hydrogen) atoms. The van der Waals surface area contributed by atoms with Crippen molar-refractivity contribution < 1.29 is 4.74 Å². The lowest BCUT2D eigenvalue weighted by molar-refractivity contribution is 0.280. The molecule has 2 aromatic rings. The first-order valence-corrected chi connectivity index (χ1v) is 6.17. The molecule has 5 heteroatoms. The molecule has 2 heterocycles. The molecule has 0 spiro atoms. The maximum absolute atomic E-state index is 11.8. The monoisotopic (exact) mass is 245 g/mol. The van der Waals surface area contributed by atoms with Gasteiger partial charge < -0.3 is 15.0 Å². The van der Waals surface area contributed by atoms with E-state index in [9.17, 15) is 4.79 Å². The number of H-pyrrole nitrogens is 1. The molecule has 0 amide bonds. The summed E-state index contributed by atoms with van der Waals surface area (Å²) in [5.41, 5.74) is 0.505. The maximum atomic E-state index is 11.8. The van der Waals surface area contributed by atoms with Gasteiger partial charge >= 0.3 is 0 Å². The lowest BCUT2D eigenvalue weighted by Crippen LogP contribution is -2.28. The molecule has 2 N–H and O–H groups in total. The van der Waals surface area contributed by atoms with Crippen molar-refractivity contribution >= 4 is 10.9 Å². The second-order valence-electron chi connectivity index (χ2n) is 4.49. The number of aromatic nitrogens is 2. The summed E-state index contributed by atoms with van der Waals surface area (Å²) >= 11 is 0. The van der Waals surface area contributed by atoms with Gasteiger partial charge in [0, 0.05) is 6.04 Å². The van der Waals surface area contributed by atoms with Gasteiger partial charge in [-0.2, -0.15) is 0 Å². The molecule has 0 aliphatic carbocycles. The zero-order valence-electron chi connectivity index (χ0n) is 9.98. The number of benzene rings is 1. The van der Waals surface area contributed by atoms with Gasteiger partial charge in [0.25, 0.3) is 5.56 Å². The summed E-state index contributed by atoms with van der Waals surface area (Å²) in [4.78, 5) is 18.5. The highest BCUT2D eigenvalue weighted by atomic mass is 16.5. The summed E-state index contributed by atoms with van der Waals surface area (Å²) in [7, 11) is 0. The van der Waals surface area contributed by atoms with Crippen molar-refractivity contribution in [3.63, 3.8) is 0 Å². The van der Waals surface area contributed by atoms with E-state index >= 15 is 0 Å². The van der Waals surface area contributed by atoms with E-state index in [-0.39, 0.29) is 5.56 Å². The molecule has 0 saturated carbocycles. The number of nitrogens with zero attached hydrogens (tertiary/aromatic N) is 1. The van der Waals surface area contributed by atoms with Crippen molar-refractivity contribution in [2.24, 2.45) is 0 Å². The topological polar surface area (TPSA) is 67.0 Å². The molecule has 1 aliphatic rings. The SMILES string of the molecule is O=c1[nH]cnc2cccc(OC[C@@H]3CCCN3)c12. The smallest absolute Gasteiger partial charge is 0.262 e. The Morgan fingerprint density at radius 1 is 1.44 bits per heavy atom. The number of hydrogen-bond acceptors (Lipinski definition) is 4. The Hall–Kier alpha value is -1.88. The van der Waals surface area contributed by atoms with Gasteiger partial charge in [-0.15, -0.1) is 0 Å². The predicted octanol–water partition coefficient (Wildman–Crippen LogP) is 1.05. The molecule has 0 unspecified atom stereocenters. The molecule has 1 saturated heterocycles. The van der Waals surface area contributed by atoms with Gasteiger partial charge in [0.05, 0.1) is 11.8 Å². The standard InChI is InChI=1S/C13H15N3O2/c17-13-12-10(15-8-16-13)4-1-5-11(12)18-7-9-3-2-6-14-9/h1,4-5,8-9,14H,2-3,6-7H2,(H,15,16,17)/t9-/m0/s1. The molecule has 3 rings (SSSR count). The number of fused-ring (bicyclic) bond motifs is 1. The Labute approximate surface area is 104 Å². The normalized spacial score (nSPS) is 19.2. The minimum Gasteiger partial charge on any atom is -0.491 e. The van der Waals surface area contributed by atoms with Crippen LogP contribution in [0.5, 0.6) is 5.75 Å². The fourth-order valence-electron chi connectivity index (χ4n) is 2.30. The zero-order chi connectivity index (χ0) is 12.4. The van der Waals surface area contributed by atoms with Gasteiger partial charge in [0.15, 0.2) is 0 Å². The van der Waals surface area contributed by atoms with Crippen LogP contribution in [0.25, 0.3) is 10.9 Å². The maximum Gasteiger partial charge on any atom is 0.262 e. The van der Waals surface area contributed by atoms with Crippen molar-refractivity contribution in [1.29, 1.82) is 0 Å². The van der Waals surface area contributed by atoms with Crippen molar-refractivity contribution in [3.8, 4) is 5.75 Å². The summed E-state index contributed by atoms with van der Waals surface area (Å²) in [6, 6.07) is 5.86. The van der Waals surface area contributed by atoms with Crippen LogP contribution in [0.1, 0.15) is 12.8 Å². The molecular formula is C13H15N3O2. The van der Waals surface area contributed by atoms with E-state index in [4.69, 9.17) is 4.74 Å². The van der Waals surface area contributed by atoms with Crippen LogP contribution in [-0.4, -0.2) is 29.2 Å². The second kappa shape index (κ2) is 4.78. The highest BCUT2D eigenvalue weighted by molar-refractivity contribution is 5.83. The molecule has 1 aromatic carbocycles. The van der Waals surface area contributed by atoms with Gasteiger partial charge in [-0.3, -0.25) is 4.79 Å². The fourth-order valence-corrected chi connectivity index (χ4v) is 2.30. The van der Waals surface area contributed by atoms with Crippen molar-refractivity contribution in [2.45, 2.75) is 18.9 Å². The number of aromatic amines is 1. The quantitative estimate of drug-likeness (QED) is 0.848. The third-order valence-corrected chi connectivity index (χ3v) is 3.23. The summed E-state index contributed by atoms with van der Waals surface area (Å²) in [6.07, 6.45) is 3.72. The molecule has 0 radical (unpaired) electrons. The van der Waals surface area contributed by atoms with Crippen LogP contribution >= 0.6 is 0 Å². The van der Waals surface area contributed by atoms with Crippen LogP contribution in [0.3, 0.4) is 0 Å². The van der Waals surface area contributed by atoms with E-state index in [0.29, 0.717) is 29.3 Å². The predicted molar refractivity (Wildman–Crippen MR) is 68.9 cm³/mol. The van der Waals surface area contributed by atoms with E-state index in [2.05, 4.69) is 15.3 Å². The number of hydrogen-bond donors (Lipinski definition) is 2. The van der Waals surface area contributed by atoms with Crippen LogP contribution in [0.2, 0.25) is 0 Å². The van der Waals surface area contributed by atoms with Gasteiger partial charge in [-0.25, -0.2) is 4.98 Å². The molecule has 1 aromatic heterocycles. The Morgan fingerprint density at radius 3 is 3.22 bits per heavy atom. The fraction of sp³-hybridized carbons (Fsp3) is 0.385. The minimum absolute atomic E-state index is 0.157. The Kier molecular flexibility index (Phi) is 2.98. The molecule has 94 valence electrons. The van der Waals surface area contributed by atoms with Crippen LogP contribution in [0, 0.1) is 0 Å². The number of ether oxygens (including phenoxy) is 1. The average Bonchev–Trinajstić information content (AvgIpc) is 2.89. The van der Waals surface area contributed by atoms with E-state index in [0.717, 1.165) is 13.0 Å². The second-order valence-corrected chi connectivity index (χ2v) is 4.49. The van der Waals surface area contributed by atoms with Crippen LogP contribution in [0.15, 0.2) is 29.3 Å². The van der Waals surface area contributed by atoms with Crippen LogP contribution in [0.4, 0.5) is 0 Å². The van der Waals surface area contributed by atoms with E-state index in [1.165, 1.54) is 12.7 Å². The van der Waals surface area contributed by atoms with Gasteiger partial charge in [0.1, 0.15) is 17.7 Å². The van der Waals surface area contributed by atoms with E-state index in [1.807, 2.05) is 18.2 Å². The lowest BCUT2D eigenvalue weighted by Gasteiger charge is -2.13. The average molecular weight is 245 g/mol. The number of rotatable bonds is 3. The molecule has 0 bridgehead atoms.